The van der Waals surface area contributed by atoms with Crippen LogP contribution in [0.1, 0.15) is 25.6 Å². The predicted octanol–water partition coefficient (Wildman–Crippen LogP) is 2.36. The first kappa shape index (κ1) is 18.2. The number of carbonyl (C=O) groups is 1. The van der Waals surface area contributed by atoms with Crippen LogP contribution in [0, 0.1) is 0 Å². The van der Waals surface area contributed by atoms with Crippen LogP contribution in [-0.4, -0.2) is 35.5 Å². The normalized spacial score (nSPS) is 11.4. The molecule has 142 valence electrons. The summed E-state index contributed by atoms with van der Waals surface area (Å²) in [5.41, 5.74) is 1.22. The third kappa shape index (κ3) is 3.38. The Labute approximate surface area is 167 Å². The summed E-state index contributed by atoms with van der Waals surface area (Å²) in [5, 5.41) is 19.4. The van der Waals surface area contributed by atoms with Crippen LogP contribution in [0.25, 0.3) is 16.6 Å². The molecular formula is C18H16BrN7O2. The molecule has 0 saturated heterocycles. The van der Waals surface area contributed by atoms with E-state index in [0.717, 1.165) is 9.99 Å². The summed E-state index contributed by atoms with van der Waals surface area (Å²) in [6, 6.07) is 8.73. The molecule has 1 N–H and O–H groups in total. The highest BCUT2D eigenvalue weighted by Crippen LogP contribution is 2.20. The van der Waals surface area contributed by atoms with Gasteiger partial charge in [0.1, 0.15) is 12.0 Å². The number of hydrogen-bond acceptors (Lipinski definition) is 6. The number of rotatable bonds is 4. The molecule has 3 heterocycles. The molecule has 0 bridgehead atoms. The average molecular weight is 442 g/mol. The number of benzene rings is 1. The van der Waals surface area contributed by atoms with Crippen LogP contribution in [0.5, 0.6) is 0 Å². The van der Waals surface area contributed by atoms with Crippen molar-refractivity contribution in [1.82, 2.24) is 29.6 Å². The maximum absolute atomic E-state index is 12.8. The standard InChI is InChI=1S/C18H16BrN7O2/c1-10(2)26-14-7-11(19)3-4-12(14)18(28)13(23-26)8-17(27)21-15-5-6-16-22-20-9-25(16)24-15/h3-7,9-10H,8H2,1-2H3,(H,21,24,27). The zero-order chi connectivity index (χ0) is 19.8. The Morgan fingerprint density at radius 3 is 2.82 bits per heavy atom. The van der Waals surface area contributed by atoms with Crippen molar-refractivity contribution in [3.63, 3.8) is 0 Å². The number of halogens is 1. The van der Waals surface area contributed by atoms with E-state index >= 15 is 0 Å². The topological polar surface area (TPSA) is 107 Å². The van der Waals surface area contributed by atoms with E-state index in [1.807, 2.05) is 19.9 Å². The quantitative estimate of drug-likeness (QED) is 0.520. The second kappa shape index (κ2) is 7.12. The number of nitrogens with one attached hydrogen (secondary N) is 1. The SMILES string of the molecule is CC(C)n1nc(CC(=O)Nc2ccc3nncn3n2)c(=O)c2ccc(Br)cc21. The van der Waals surface area contributed by atoms with E-state index in [9.17, 15) is 9.59 Å². The lowest BCUT2D eigenvalue weighted by Gasteiger charge is -2.15. The van der Waals surface area contributed by atoms with Crippen LogP contribution >= 0.6 is 15.9 Å². The molecule has 0 aliphatic rings. The van der Waals surface area contributed by atoms with Gasteiger partial charge in [0, 0.05) is 15.9 Å². The molecule has 0 unspecified atom stereocenters. The molecule has 0 aliphatic heterocycles. The molecular weight excluding hydrogens is 426 g/mol. The highest BCUT2D eigenvalue weighted by atomic mass is 79.9. The van der Waals surface area contributed by atoms with E-state index in [0.29, 0.717) is 16.9 Å². The van der Waals surface area contributed by atoms with Gasteiger partial charge in [-0.1, -0.05) is 15.9 Å². The molecule has 4 aromatic rings. The van der Waals surface area contributed by atoms with E-state index in [-0.39, 0.29) is 29.5 Å². The number of carbonyl (C=O) groups excluding carboxylic acids is 1. The molecule has 10 heteroatoms. The van der Waals surface area contributed by atoms with Gasteiger partial charge in [0.25, 0.3) is 0 Å². The minimum atomic E-state index is -0.378. The van der Waals surface area contributed by atoms with Crippen LogP contribution < -0.4 is 10.7 Å². The van der Waals surface area contributed by atoms with Gasteiger partial charge in [-0.25, -0.2) is 0 Å². The van der Waals surface area contributed by atoms with Gasteiger partial charge in [0.15, 0.2) is 11.5 Å². The van der Waals surface area contributed by atoms with E-state index in [4.69, 9.17) is 0 Å². The highest BCUT2D eigenvalue weighted by molar-refractivity contribution is 9.10. The Morgan fingerprint density at radius 2 is 2.04 bits per heavy atom. The Balaban J connectivity index is 1.66. The second-order valence-electron chi connectivity index (χ2n) is 6.55. The third-order valence-corrected chi connectivity index (χ3v) is 4.68. The van der Waals surface area contributed by atoms with Gasteiger partial charge in [0.2, 0.25) is 11.3 Å². The molecule has 0 spiro atoms. The molecule has 0 fully saturated rings. The molecule has 28 heavy (non-hydrogen) atoms. The van der Waals surface area contributed by atoms with Crippen LogP contribution in [0.15, 0.2) is 45.9 Å². The van der Waals surface area contributed by atoms with Crippen LogP contribution in [-0.2, 0) is 11.2 Å². The molecule has 0 saturated carbocycles. The Kier molecular flexibility index (Phi) is 4.63. The largest absolute Gasteiger partial charge is 0.309 e. The monoisotopic (exact) mass is 441 g/mol. The number of anilines is 1. The summed E-state index contributed by atoms with van der Waals surface area (Å²) in [6.07, 6.45) is 1.29. The van der Waals surface area contributed by atoms with Gasteiger partial charge >= 0.3 is 0 Å². The molecule has 4 rings (SSSR count). The summed E-state index contributed by atoms with van der Waals surface area (Å²) in [6.45, 7) is 3.94. The molecule has 3 aromatic heterocycles. The lowest BCUT2D eigenvalue weighted by molar-refractivity contribution is -0.115. The minimum Gasteiger partial charge on any atom is -0.309 e. The first-order chi connectivity index (χ1) is 13.4. The maximum atomic E-state index is 12.8. The van der Waals surface area contributed by atoms with E-state index in [1.165, 1.54) is 10.8 Å². The van der Waals surface area contributed by atoms with Gasteiger partial charge in [-0.3, -0.25) is 14.3 Å². The highest BCUT2D eigenvalue weighted by Gasteiger charge is 2.16. The van der Waals surface area contributed by atoms with Gasteiger partial charge in [-0.15, -0.1) is 15.3 Å². The summed E-state index contributed by atoms with van der Waals surface area (Å²) in [4.78, 5) is 25.3. The first-order valence-electron chi connectivity index (χ1n) is 8.60. The second-order valence-corrected chi connectivity index (χ2v) is 7.47. The smallest absolute Gasteiger partial charge is 0.231 e. The Hall–Kier alpha value is -3.14. The third-order valence-electron chi connectivity index (χ3n) is 4.19. The molecule has 9 nitrogen and oxygen atoms in total. The lowest BCUT2D eigenvalue weighted by atomic mass is 10.1. The number of aromatic nitrogens is 6. The number of amides is 1. The molecule has 0 aliphatic carbocycles. The maximum Gasteiger partial charge on any atom is 0.231 e. The number of hydrogen-bond donors (Lipinski definition) is 1. The fraction of sp³-hybridized carbons (Fsp3) is 0.222. The zero-order valence-electron chi connectivity index (χ0n) is 15.1. The summed E-state index contributed by atoms with van der Waals surface area (Å²) < 4.78 is 4.07. The van der Waals surface area contributed by atoms with E-state index < -0.39 is 0 Å². The molecule has 0 radical (unpaired) electrons. The number of nitrogens with zero attached hydrogens (tertiary/aromatic N) is 6. The molecule has 1 aromatic carbocycles. The fourth-order valence-corrected chi connectivity index (χ4v) is 3.26. The molecule has 0 atom stereocenters. The van der Waals surface area contributed by atoms with Crippen molar-refractivity contribution in [1.29, 1.82) is 0 Å². The van der Waals surface area contributed by atoms with Crippen molar-refractivity contribution in [2.75, 3.05) is 5.32 Å². The van der Waals surface area contributed by atoms with Crippen LogP contribution in [0.2, 0.25) is 0 Å². The van der Waals surface area contributed by atoms with Crippen LogP contribution in [0.4, 0.5) is 5.82 Å². The van der Waals surface area contributed by atoms with Gasteiger partial charge in [-0.05, 0) is 44.2 Å². The first-order valence-corrected chi connectivity index (χ1v) is 9.39. The fourth-order valence-electron chi connectivity index (χ4n) is 2.91. The summed E-state index contributed by atoms with van der Waals surface area (Å²) in [5.74, 6) is -0.0394. The van der Waals surface area contributed by atoms with Gasteiger partial charge < -0.3 is 5.32 Å². The van der Waals surface area contributed by atoms with Crippen molar-refractivity contribution in [2.24, 2.45) is 0 Å². The number of fused-ring (bicyclic) bond motifs is 2. The molecule has 1 amide bonds. The van der Waals surface area contributed by atoms with E-state index in [1.54, 1.807) is 28.9 Å². The van der Waals surface area contributed by atoms with Crippen molar-refractivity contribution in [2.45, 2.75) is 26.3 Å². The summed E-state index contributed by atoms with van der Waals surface area (Å²) in [7, 11) is 0. The van der Waals surface area contributed by atoms with Crippen molar-refractivity contribution in [3.05, 3.63) is 57.0 Å². The minimum absolute atomic E-state index is 0.0250. The van der Waals surface area contributed by atoms with Crippen molar-refractivity contribution in [3.8, 4) is 0 Å². The average Bonchev–Trinajstić information content (AvgIpc) is 3.11. The van der Waals surface area contributed by atoms with Gasteiger partial charge in [-0.2, -0.15) is 9.61 Å². The van der Waals surface area contributed by atoms with Crippen LogP contribution in [0.3, 0.4) is 0 Å². The Bertz CT molecular complexity index is 1260. The summed E-state index contributed by atoms with van der Waals surface area (Å²) >= 11 is 3.43. The van der Waals surface area contributed by atoms with E-state index in [2.05, 4.69) is 41.6 Å². The zero-order valence-corrected chi connectivity index (χ0v) is 16.7. The lowest BCUT2D eigenvalue weighted by Crippen LogP contribution is -2.25. The van der Waals surface area contributed by atoms with Crippen molar-refractivity contribution >= 4 is 44.2 Å². The Morgan fingerprint density at radius 1 is 1.21 bits per heavy atom. The van der Waals surface area contributed by atoms with Crippen molar-refractivity contribution < 1.29 is 4.79 Å². The van der Waals surface area contributed by atoms with Gasteiger partial charge in [0.05, 0.1) is 11.9 Å². The predicted molar refractivity (Wildman–Crippen MR) is 107 cm³/mol.